The van der Waals surface area contributed by atoms with Crippen molar-refractivity contribution < 1.29 is 14.3 Å². The molecule has 26 heavy (non-hydrogen) atoms. The second-order valence-electron chi connectivity index (χ2n) is 7.24. The van der Waals surface area contributed by atoms with Crippen LogP contribution in [0.15, 0.2) is 0 Å². The zero-order chi connectivity index (χ0) is 19.4. The van der Waals surface area contributed by atoms with E-state index in [-0.39, 0.29) is 11.9 Å². The summed E-state index contributed by atoms with van der Waals surface area (Å²) in [6, 6.07) is -0.00854. The van der Waals surface area contributed by atoms with Crippen LogP contribution in [0.3, 0.4) is 0 Å². The van der Waals surface area contributed by atoms with Gasteiger partial charge in [-0.05, 0) is 32.6 Å². The standard InChI is InChI=1S/C19H38N4O3/c1-5-22(6-2)18(24)15-21-10-8-11-23(13-12-21)19(25)20-9-7-14-26-16-17(3)4/h17H,5-16H2,1-4H3,(H,20,25). The zero-order valence-corrected chi connectivity index (χ0v) is 17.1. The van der Waals surface area contributed by atoms with E-state index in [1.54, 1.807) is 0 Å². The monoisotopic (exact) mass is 370 g/mol. The molecule has 0 saturated carbocycles. The summed E-state index contributed by atoms with van der Waals surface area (Å²) in [5, 5.41) is 2.97. The number of carbonyl (C=O) groups excluding carboxylic acids is 2. The van der Waals surface area contributed by atoms with Crippen molar-refractivity contribution >= 4 is 11.9 Å². The molecule has 1 rings (SSSR count). The number of rotatable bonds is 10. The first kappa shape index (κ1) is 22.7. The van der Waals surface area contributed by atoms with Crippen LogP contribution in [0.4, 0.5) is 4.79 Å². The molecule has 0 aromatic heterocycles. The molecule has 0 aromatic carbocycles. The predicted molar refractivity (Wildman–Crippen MR) is 104 cm³/mol. The molecule has 0 spiro atoms. The van der Waals surface area contributed by atoms with Gasteiger partial charge in [0.25, 0.3) is 0 Å². The van der Waals surface area contributed by atoms with E-state index in [0.717, 1.165) is 52.2 Å². The molecular formula is C19H38N4O3. The van der Waals surface area contributed by atoms with Crippen LogP contribution < -0.4 is 5.32 Å². The summed E-state index contributed by atoms with van der Waals surface area (Å²) in [5.74, 6) is 0.715. The number of carbonyl (C=O) groups is 2. The van der Waals surface area contributed by atoms with Crippen molar-refractivity contribution in [2.24, 2.45) is 5.92 Å². The molecule has 1 N–H and O–H groups in total. The van der Waals surface area contributed by atoms with Gasteiger partial charge >= 0.3 is 6.03 Å². The maximum atomic E-state index is 12.3. The quantitative estimate of drug-likeness (QED) is 0.594. The van der Waals surface area contributed by atoms with Crippen LogP contribution in [0.2, 0.25) is 0 Å². The molecule has 1 fully saturated rings. The van der Waals surface area contributed by atoms with Crippen LogP contribution in [0.1, 0.15) is 40.5 Å². The number of nitrogens with one attached hydrogen (secondary N) is 1. The van der Waals surface area contributed by atoms with Gasteiger partial charge in [0.1, 0.15) is 0 Å². The van der Waals surface area contributed by atoms with Crippen molar-refractivity contribution in [1.29, 1.82) is 0 Å². The Kier molecular flexibility index (Phi) is 11.3. The lowest BCUT2D eigenvalue weighted by Gasteiger charge is -2.25. The van der Waals surface area contributed by atoms with Crippen molar-refractivity contribution in [3.63, 3.8) is 0 Å². The Labute approximate surface area is 159 Å². The molecule has 0 aliphatic carbocycles. The van der Waals surface area contributed by atoms with Gasteiger partial charge in [-0.2, -0.15) is 0 Å². The van der Waals surface area contributed by atoms with Crippen molar-refractivity contribution in [2.75, 3.05) is 65.6 Å². The van der Waals surface area contributed by atoms with Gasteiger partial charge in [0, 0.05) is 59.0 Å². The third-order valence-electron chi connectivity index (χ3n) is 4.54. The van der Waals surface area contributed by atoms with Gasteiger partial charge in [0.2, 0.25) is 5.91 Å². The van der Waals surface area contributed by atoms with Gasteiger partial charge in [-0.25, -0.2) is 4.79 Å². The maximum absolute atomic E-state index is 12.3. The Bertz CT molecular complexity index is 414. The number of amides is 3. The topological polar surface area (TPSA) is 65.1 Å². The highest BCUT2D eigenvalue weighted by Crippen LogP contribution is 2.04. The normalized spacial score (nSPS) is 15.8. The second-order valence-corrected chi connectivity index (χ2v) is 7.24. The molecule has 1 heterocycles. The summed E-state index contributed by atoms with van der Waals surface area (Å²) in [7, 11) is 0. The van der Waals surface area contributed by atoms with Crippen LogP contribution in [0, 0.1) is 5.92 Å². The minimum absolute atomic E-state index is 0.00854. The molecular weight excluding hydrogens is 332 g/mol. The highest BCUT2D eigenvalue weighted by Gasteiger charge is 2.21. The Balaban J connectivity index is 2.25. The summed E-state index contributed by atoms with van der Waals surface area (Å²) in [5.41, 5.74) is 0. The highest BCUT2D eigenvalue weighted by atomic mass is 16.5. The molecule has 152 valence electrons. The molecule has 1 aliphatic rings. The first-order valence-electron chi connectivity index (χ1n) is 10.1. The number of urea groups is 1. The fraction of sp³-hybridized carbons (Fsp3) is 0.895. The number of likely N-dealkylation sites (N-methyl/N-ethyl adjacent to an activating group) is 1. The van der Waals surface area contributed by atoms with Gasteiger partial charge in [0.15, 0.2) is 0 Å². The van der Waals surface area contributed by atoms with E-state index < -0.39 is 0 Å². The van der Waals surface area contributed by atoms with E-state index in [1.807, 2.05) is 23.6 Å². The van der Waals surface area contributed by atoms with E-state index in [2.05, 4.69) is 24.1 Å². The summed E-state index contributed by atoms with van der Waals surface area (Å²) in [6.45, 7) is 15.3. The smallest absolute Gasteiger partial charge is 0.317 e. The van der Waals surface area contributed by atoms with Crippen LogP contribution in [-0.2, 0) is 9.53 Å². The molecule has 7 heteroatoms. The first-order chi connectivity index (χ1) is 12.5. The van der Waals surface area contributed by atoms with Gasteiger partial charge in [0.05, 0.1) is 6.54 Å². The lowest BCUT2D eigenvalue weighted by atomic mass is 10.2. The second kappa shape index (κ2) is 12.9. The van der Waals surface area contributed by atoms with Gasteiger partial charge in [-0.15, -0.1) is 0 Å². The van der Waals surface area contributed by atoms with Crippen molar-refractivity contribution in [1.82, 2.24) is 20.0 Å². The molecule has 0 unspecified atom stereocenters. The van der Waals surface area contributed by atoms with E-state index in [0.29, 0.717) is 32.2 Å². The fourth-order valence-electron chi connectivity index (χ4n) is 3.00. The molecule has 0 atom stereocenters. The minimum Gasteiger partial charge on any atom is -0.381 e. The number of ether oxygens (including phenoxy) is 1. The largest absolute Gasteiger partial charge is 0.381 e. The molecule has 0 aromatic rings. The average Bonchev–Trinajstić information content (AvgIpc) is 2.84. The lowest BCUT2D eigenvalue weighted by molar-refractivity contribution is -0.132. The van der Waals surface area contributed by atoms with Gasteiger partial charge < -0.3 is 19.9 Å². The van der Waals surface area contributed by atoms with Crippen LogP contribution in [-0.4, -0.2) is 92.2 Å². The Morgan fingerprint density at radius 2 is 1.85 bits per heavy atom. The van der Waals surface area contributed by atoms with Gasteiger partial charge in [-0.3, -0.25) is 9.69 Å². The molecule has 0 bridgehead atoms. The third-order valence-corrected chi connectivity index (χ3v) is 4.54. The highest BCUT2D eigenvalue weighted by molar-refractivity contribution is 5.78. The Morgan fingerprint density at radius 3 is 2.50 bits per heavy atom. The van der Waals surface area contributed by atoms with Gasteiger partial charge in [-0.1, -0.05) is 13.8 Å². The molecule has 3 amide bonds. The van der Waals surface area contributed by atoms with Crippen LogP contribution in [0.25, 0.3) is 0 Å². The minimum atomic E-state index is -0.00854. The predicted octanol–water partition coefficient (Wildman–Crippen LogP) is 1.63. The maximum Gasteiger partial charge on any atom is 0.317 e. The van der Waals surface area contributed by atoms with Crippen molar-refractivity contribution in [3.05, 3.63) is 0 Å². The third kappa shape index (κ3) is 8.85. The first-order valence-corrected chi connectivity index (χ1v) is 10.1. The van der Waals surface area contributed by atoms with E-state index >= 15 is 0 Å². The average molecular weight is 371 g/mol. The number of nitrogens with zero attached hydrogens (tertiary/aromatic N) is 3. The summed E-state index contributed by atoms with van der Waals surface area (Å²) < 4.78 is 5.52. The molecule has 7 nitrogen and oxygen atoms in total. The SMILES string of the molecule is CCN(CC)C(=O)CN1CCCN(C(=O)NCCCOCC(C)C)CC1. The fourth-order valence-corrected chi connectivity index (χ4v) is 3.00. The van der Waals surface area contributed by atoms with E-state index in [9.17, 15) is 9.59 Å². The van der Waals surface area contributed by atoms with E-state index in [4.69, 9.17) is 4.74 Å². The molecule has 0 radical (unpaired) electrons. The summed E-state index contributed by atoms with van der Waals surface area (Å²) >= 11 is 0. The van der Waals surface area contributed by atoms with E-state index in [1.165, 1.54) is 0 Å². The van der Waals surface area contributed by atoms with Crippen molar-refractivity contribution in [3.8, 4) is 0 Å². The van der Waals surface area contributed by atoms with Crippen LogP contribution >= 0.6 is 0 Å². The Hall–Kier alpha value is -1.34. The lowest BCUT2D eigenvalue weighted by Crippen LogP contribution is -2.44. The zero-order valence-electron chi connectivity index (χ0n) is 17.1. The van der Waals surface area contributed by atoms with Crippen LogP contribution in [0.5, 0.6) is 0 Å². The summed E-state index contributed by atoms with van der Waals surface area (Å²) in [4.78, 5) is 30.4. The molecule has 1 saturated heterocycles. The Morgan fingerprint density at radius 1 is 1.12 bits per heavy atom. The molecule has 1 aliphatic heterocycles. The number of hydrogen-bond donors (Lipinski definition) is 1. The number of hydrogen-bond acceptors (Lipinski definition) is 4. The van der Waals surface area contributed by atoms with Crippen molar-refractivity contribution in [2.45, 2.75) is 40.5 Å². The summed E-state index contributed by atoms with van der Waals surface area (Å²) in [6.07, 6.45) is 1.73.